The first-order valence-electron chi connectivity index (χ1n) is 14.9. The summed E-state index contributed by atoms with van der Waals surface area (Å²) in [6.45, 7) is -0.629. The van der Waals surface area contributed by atoms with Crippen molar-refractivity contribution in [3.05, 3.63) is 109 Å². The number of piperazine rings is 1. The summed E-state index contributed by atoms with van der Waals surface area (Å²) in [5.41, 5.74) is 2.58. The van der Waals surface area contributed by atoms with Crippen molar-refractivity contribution in [1.82, 2.24) is 39.2 Å². The SMILES string of the molecule is O=C(Nc1ncnc2ncn(CC(=O)N3CCN(NS(=O)(=O)c4nc5ccccc5s4)C(=O)C3)c12)OC(c1ccccc1)c1ccccc1. The minimum absolute atomic E-state index is 0.0634. The molecule has 0 saturated carbocycles. The van der Waals surface area contributed by atoms with Crippen molar-refractivity contribution in [2.75, 3.05) is 25.0 Å². The number of aromatic nitrogens is 5. The molecule has 248 valence electrons. The maximum atomic E-state index is 13.4. The van der Waals surface area contributed by atoms with Crippen LogP contribution in [0.2, 0.25) is 0 Å². The van der Waals surface area contributed by atoms with E-state index in [0.29, 0.717) is 10.2 Å². The molecule has 3 amide bonds. The lowest BCUT2D eigenvalue weighted by Crippen LogP contribution is -2.58. The molecule has 1 aliphatic heterocycles. The second-order valence-corrected chi connectivity index (χ2v) is 13.8. The molecule has 3 aromatic heterocycles. The number of hydrogen-bond acceptors (Lipinski definition) is 11. The number of carbonyl (C=O) groups excluding carboxylic acids is 3. The predicted molar refractivity (Wildman–Crippen MR) is 178 cm³/mol. The normalized spacial score (nSPS) is 13.7. The molecule has 1 saturated heterocycles. The number of benzene rings is 3. The second kappa shape index (κ2) is 13.4. The van der Waals surface area contributed by atoms with Crippen LogP contribution in [0.15, 0.2) is 102 Å². The fourth-order valence-corrected chi connectivity index (χ4v) is 7.61. The summed E-state index contributed by atoms with van der Waals surface area (Å²) in [4.78, 5) is 59.9. The van der Waals surface area contributed by atoms with Crippen molar-refractivity contribution in [2.45, 2.75) is 17.0 Å². The van der Waals surface area contributed by atoms with Crippen LogP contribution in [0.4, 0.5) is 10.6 Å². The average Bonchev–Trinajstić information content (AvgIpc) is 3.74. The van der Waals surface area contributed by atoms with E-state index in [0.717, 1.165) is 27.5 Å². The lowest BCUT2D eigenvalue weighted by atomic mass is 10.0. The predicted octanol–water partition coefficient (Wildman–Crippen LogP) is 3.34. The van der Waals surface area contributed by atoms with E-state index in [-0.39, 0.29) is 47.5 Å². The van der Waals surface area contributed by atoms with Crippen LogP contribution >= 0.6 is 11.3 Å². The molecule has 2 N–H and O–H groups in total. The number of sulfonamides is 1. The fraction of sp³-hybridized carbons (Fsp3) is 0.156. The highest BCUT2D eigenvalue weighted by molar-refractivity contribution is 7.91. The largest absolute Gasteiger partial charge is 0.436 e. The summed E-state index contributed by atoms with van der Waals surface area (Å²) in [5, 5.41) is 3.63. The van der Waals surface area contributed by atoms with Gasteiger partial charge >= 0.3 is 6.09 Å². The molecule has 17 heteroatoms. The lowest BCUT2D eigenvalue weighted by Gasteiger charge is -2.33. The van der Waals surface area contributed by atoms with Gasteiger partial charge in [0, 0.05) is 6.54 Å². The highest BCUT2D eigenvalue weighted by Gasteiger charge is 2.32. The third-order valence-corrected chi connectivity index (χ3v) is 10.4. The number of anilines is 1. The van der Waals surface area contributed by atoms with Gasteiger partial charge < -0.3 is 14.2 Å². The number of thiazole rings is 1. The number of nitrogens with zero attached hydrogens (tertiary/aromatic N) is 7. The van der Waals surface area contributed by atoms with Gasteiger partial charge in [0.25, 0.3) is 15.9 Å². The number of carbonyl (C=O) groups is 3. The van der Waals surface area contributed by atoms with E-state index >= 15 is 0 Å². The van der Waals surface area contributed by atoms with Gasteiger partial charge in [-0.3, -0.25) is 19.9 Å². The summed E-state index contributed by atoms with van der Waals surface area (Å²) >= 11 is 0.991. The molecule has 1 fully saturated rings. The van der Waals surface area contributed by atoms with Crippen LogP contribution in [-0.4, -0.2) is 80.4 Å². The van der Waals surface area contributed by atoms with E-state index in [9.17, 15) is 22.8 Å². The van der Waals surface area contributed by atoms with Crippen LogP contribution in [-0.2, 0) is 30.9 Å². The third kappa shape index (κ3) is 6.80. The Balaban J connectivity index is 1.02. The zero-order chi connectivity index (χ0) is 34.0. The van der Waals surface area contributed by atoms with E-state index in [2.05, 4.69) is 30.1 Å². The Labute approximate surface area is 283 Å². The summed E-state index contributed by atoms with van der Waals surface area (Å²) < 4.78 is 33.8. The summed E-state index contributed by atoms with van der Waals surface area (Å²) in [7, 11) is -4.12. The number of hydrazine groups is 1. The highest BCUT2D eigenvalue weighted by atomic mass is 32.2. The number of fused-ring (bicyclic) bond motifs is 2. The molecule has 0 atom stereocenters. The van der Waals surface area contributed by atoms with Gasteiger partial charge in [-0.25, -0.2) is 33.1 Å². The maximum absolute atomic E-state index is 13.4. The number of para-hydroxylation sites is 1. The number of hydrogen-bond donors (Lipinski definition) is 2. The van der Waals surface area contributed by atoms with Gasteiger partial charge in [-0.15, -0.1) is 16.2 Å². The standard InChI is InChI=1S/C32H27N9O6S2/c42-25(39-15-16-41(26(43)18-39)38-49(45,46)32-36-23-13-7-8-14-24(23)48-32)17-40-20-35-29-27(40)30(34-19-33-29)37-31(44)47-28(21-9-3-1-4-10-21)22-11-5-2-6-12-22/h1-14,19-20,28,38H,15-18H2,(H,33,34,37,44). The summed E-state index contributed by atoms with van der Waals surface area (Å²) in [5.74, 6) is -0.975. The fourth-order valence-electron chi connectivity index (χ4n) is 5.32. The molecule has 0 spiro atoms. The van der Waals surface area contributed by atoms with Gasteiger partial charge in [-0.05, 0) is 23.3 Å². The van der Waals surface area contributed by atoms with E-state index in [1.54, 1.807) is 24.3 Å². The van der Waals surface area contributed by atoms with Crippen molar-refractivity contribution in [1.29, 1.82) is 0 Å². The molecule has 0 radical (unpaired) electrons. The molecule has 0 aliphatic carbocycles. The van der Waals surface area contributed by atoms with Gasteiger partial charge in [-0.2, -0.15) is 0 Å². The van der Waals surface area contributed by atoms with Gasteiger partial charge in [0.05, 0.1) is 23.1 Å². The van der Waals surface area contributed by atoms with E-state index in [4.69, 9.17) is 4.74 Å². The molecule has 15 nitrogen and oxygen atoms in total. The number of imidazole rings is 1. The van der Waals surface area contributed by atoms with E-state index in [1.165, 1.54) is 22.1 Å². The monoisotopic (exact) mass is 697 g/mol. The average molecular weight is 698 g/mol. The number of ether oxygens (including phenoxy) is 1. The van der Waals surface area contributed by atoms with Crippen LogP contribution in [0, 0.1) is 0 Å². The number of nitrogens with one attached hydrogen (secondary N) is 2. The molecular formula is C32H27N9O6S2. The molecule has 0 unspecified atom stereocenters. The Bertz CT molecular complexity index is 2210. The summed E-state index contributed by atoms with van der Waals surface area (Å²) in [6.07, 6.45) is 1.13. The molecular weight excluding hydrogens is 671 g/mol. The van der Waals surface area contributed by atoms with Crippen LogP contribution in [0.3, 0.4) is 0 Å². The zero-order valence-electron chi connectivity index (χ0n) is 25.5. The van der Waals surface area contributed by atoms with Gasteiger partial charge in [-0.1, -0.05) is 72.8 Å². The van der Waals surface area contributed by atoms with Crippen LogP contribution in [0.1, 0.15) is 17.2 Å². The molecule has 6 aromatic rings. The third-order valence-electron chi connectivity index (χ3n) is 7.67. The van der Waals surface area contributed by atoms with Crippen LogP contribution < -0.4 is 10.1 Å². The van der Waals surface area contributed by atoms with E-state index in [1.807, 2.05) is 60.7 Å². The minimum atomic E-state index is -4.12. The molecule has 0 bridgehead atoms. The molecule has 49 heavy (non-hydrogen) atoms. The molecule has 7 rings (SSSR count). The van der Waals surface area contributed by atoms with Gasteiger partial charge in [0.2, 0.25) is 10.2 Å². The molecule has 4 heterocycles. The van der Waals surface area contributed by atoms with Crippen molar-refractivity contribution in [3.8, 4) is 0 Å². The van der Waals surface area contributed by atoms with Gasteiger partial charge in [0.1, 0.15) is 24.9 Å². The Morgan fingerprint density at radius 3 is 2.29 bits per heavy atom. The van der Waals surface area contributed by atoms with Crippen molar-refractivity contribution in [3.63, 3.8) is 0 Å². The number of amides is 3. The van der Waals surface area contributed by atoms with Crippen molar-refractivity contribution < 1.29 is 27.5 Å². The Hall–Kier alpha value is -5.78. The first kappa shape index (κ1) is 31.8. The van der Waals surface area contributed by atoms with Gasteiger partial charge in [0.15, 0.2) is 17.6 Å². The van der Waals surface area contributed by atoms with Crippen molar-refractivity contribution in [2.24, 2.45) is 0 Å². The second-order valence-electron chi connectivity index (χ2n) is 10.9. The van der Waals surface area contributed by atoms with E-state index < -0.39 is 34.0 Å². The Kier molecular flexibility index (Phi) is 8.68. The maximum Gasteiger partial charge on any atom is 0.413 e. The smallest absolute Gasteiger partial charge is 0.413 e. The molecule has 3 aromatic carbocycles. The number of rotatable bonds is 9. The van der Waals surface area contributed by atoms with Crippen molar-refractivity contribution >= 4 is 66.5 Å². The Morgan fingerprint density at radius 1 is 0.898 bits per heavy atom. The quantitative estimate of drug-likeness (QED) is 0.227. The van der Waals surface area contributed by atoms with Crippen LogP contribution in [0.25, 0.3) is 21.4 Å². The zero-order valence-corrected chi connectivity index (χ0v) is 27.2. The topological polar surface area (TPSA) is 182 Å². The molecule has 1 aliphatic rings. The minimum Gasteiger partial charge on any atom is -0.436 e. The lowest BCUT2D eigenvalue weighted by molar-refractivity contribution is -0.146. The first-order valence-corrected chi connectivity index (χ1v) is 17.2. The first-order chi connectivity index (χ1) is 23.7. The highest BCUT2D eigenvalue weighted by Crippen LogP contribution is 2.28. The summed E-state index contributed by atoms with van der Waals surface area (Å²) in [6, 6.07) is 25.6. The Morgan fingerprint density at radius 2 is 1.59 bits per heavy atom. The van der Waals surface area contributed by atoms with Crippen LogP contribution in [0.5, 0.6) is 0 Å².